The number of aryl methyl sites for hydroxylation is 1. The van der Waals surface area contributed by atoms with Crippen LogP contribution in [0.5, 0.6) is 0 Å². The fourth-order valence-electron chi connectivity index (χ4n) is 4.66. The van der Waals surface area contributed by atoms with Gasteiger partial charge in [0.15, 0.2) is 5.78 Å². The molecular formula is C28H36FN3O2S. The number of carbonyl (C=O) groups is 1. The minimum atomic E-state index is -1.15. The molecule has 7 heteroatoms. The molecule has 35 heavy (non-hydrogen) atoms. The van der Waals surface area contributed by atoms with Gasteiger partial charge in [-0.1, -0.05) is 53.8 Å². The highest BCUT2D eigenvalue weighted by Gasteiger charge is 2.32. The molecule has 2 aliphatic rings. The Morgan fingerprint density at radius 1 is 1.17 bits per heavy atom. The maximum absolute atomic E-state index is 14.4. The van der Waals surface area contributed by atoms with E-state index in [4.69, 9.17) is 17.2 Å². The van der Waals surface area contributed by atoms with Gasteiger partial charge in [0.2, 0.25) is 0 Å². The second-order valence-corrected chi connectivity index (χ2v) is 9.18. The van der Waals surface area contributed by atoms with Crippen molar-refractivity contribution in [1.82, 2.24) is 14.9 Å². The average molecular weight is 498 g/mol. The third kappa shape index (κ3) is 4.82. The number of Topliss-reactive ketones (excluding diaryl/α,β-unsaturated/α-hetero) is 1. The highest BCUT2D eigenvalue weighted by molar-refractivity contribution is 7.71. The summed E-state index contributed by atoms with van der Waals surface area (Å²) in [6.45, 7) is 15.2. The Morgan fingerprint density at radius 3 is 2.51 bits per heavy atom. The van der Waals surface area contributed by atoms with Gasteiger partial charge < -0.3 is 15.0 Å². The van der Waals surface area contributed by atoms with Gasteiger partial charge in [0.1, 0.15) is 16.6 Å². The van der Waals surface area contributed by atoms with Crippen LogP contribution in [0.3, 0.4) is 0 Å². The summed E-state index contributed by atoms with van der Waals surface area (Å²) < 4.78 is 17.1. The van der Waals surface area contributed by atoms with Gasteiger partial charge in [-0.25, -0.2) is 9.37 Å². The zero-order chi connectivity index (χ0) is 26.0. The van der Waals surface area contributed by atoms with Crippen molar-refractivity contribution in [2.45, 2.75) is 86.5 Å². The Bertz CT molecular complexity index is 1330. The molecule has 188 valence electrons. The number of nitrogens with one attached hydrogen (secondary N) is 1. The van der Waals surface area contributed by atoms with Gasteiger partial charge in [-0.2, -0.15) is 0 Å². The van der Waals surface area contributed by atoms with Crippen molar-refractivity contribution in [1.29, 1.82) is 0 Å². The van der Waals surface area contributed by atoms with Gasteiger partial charge in [-0.15, -0.1) is 0 Å². The summed E-state index contributed by atoms with van der Waals surface area (Å²) in [5.41, 5.74) is 6.30. The van der Waals surface area contributed by atoms with Crippen LogP contribution >= 0.6 is 12.2 Å². The zero-order valence-corrected chi connectivity index (χ0v) is 22.6. The van der Waals surface area contributed by atoms with E-state index in [1.165, 1.54) is 6.07 Å². The molecule has 2 aromatic heterocycles. The molecule has 0 spiro atoms. The molecule has 1 aliphatic carbocycles. The monoisotopic (exact) mass is 497 g/mol. The molecule has 0 saturated heterocycles. The lowest BCUT2D eigenvalue weighted by atomic mass is 9.89. The Kier molecular flexibility index (Phi) is 8.57. The molecule has 1 unspecified atom stereocenters. The normalized spacial score (nSPS) is 15.6. The first-order valence-corrected chi connectivity index (χ1v) is 13.0. The van der Waals surface area contributed by atoms with E-state index in [1.54, 1.807) is 6.92 Å². The molecule has 1 aromatic carbocycles. The smallest absolute Gasteiger partial charge is 0.166 e. The van der Waals surface area contributed by atoms with Crippen LogP contribution in [0.15, 0.2) is 18.2 Å². The Labute approximate surface area is 212 Å². The molecule has 1 atom stereocenters. The Morgan fingerprint density at radius 2 is 1.86 bits per heavy atom. The Hall–Kier alpha value is -2.48. The number of halogens is 1. The van der Waals surface area contributed by atoms with Gasteiger partial charge in [0.05, 0.1) is 23.4 Å². The van der Waals surface area contributed by atoms with E-state index in [0.29, 0.717) is 53.3 Å². The van der Waals surface area contributed by atoms with Crippen LogP contribution in [0.1, 0.15) is 81.9 Å². The fourth-order valence-corrected chi connectivity index (χ4v) is 5.04. The van der Waals surface area contributed by atoms with Gasteiger partial charge in [0, 0.05) is 36.0 Å². The average Bonchev–Trinajstić information content (AvgIpc) is 3.21. The van der Waals surface area contributed by atoms with Crippen LogP contribution in [-0.2, 0) is 24.3 Å². The number of pyridine rings is 2. The predicted octanol–water partition coefficient (Wildman–Crippen LogP) is 6.34. The van der Waals surface area contributed by atoms with Crippen LogP contribution in [0.25, 0.3) is 22.3 Å². The Balaban J connectivity index is 0.000000815. The third-order valence-corrected chi connectivity index (χ3v) is 6.85. The summed E-state index contributed by atoms with van der Waals surface area (Å²) >= 11 is 5.78. The number of fused-ring (bicyclic) bond motifs is 5. The standard InChI is InChI=1S/C24H24FN3O2S.2C2H6/c1-11(2)26-9-16-14-6-12(3)18(25)8-19(14)27-22-17(16)10-28-20(22)7-15-13(24(28)31)4-5-21(29)23(15)30;2*1-2/h6-8,11,23,26,30H,4-5,9-10H2,1-3H3;2*1-2H3. The molecule has 3 heterocycles. The molecule has 5 nitrogen and oxygen atoms in total. The number of aromatic nitrogens is 2. The largest absolute Gasteiger partial charge is 0.381 e. The van der Waals surface area contributed by atoms with Crippen LogP contribution in [0, 0.1) is 17.4 Å². The lowest BCUT2D eigenvalue weighted by Gasteiger charge is -2.22. The van der Waals surface area contributed by atoms with E-state index in [1.807, 2.05) is 44.4 Å². The lowest BCUT2D eigenvalue weighted by molar-refractivity contribution is -0.128. The van der Waals surface area contributed by atoms with Crippen LogP contribution < -0.4 is 5.32 Å². The van der Waals surface area contributed by atoms with Gasteiger partial charge in [0.25, 0.3) is 0 Å². The van der Waals surface area contributed by atoms with Gasteiger partial charge in [-0.3, -0.25) is 4.79 Å². The molecule has 3 aromatic rings. The maximum Gasteiger partial charge on any atom is 0.166 e. The van der Waals surface area contributed by atoms with E-state index in [0.717, 1.165) is 33.5 Å². The van der Waals surface area contributed by atoms with E-state index in [-0.39, 0.29) is 11.6 Å². The van der Waals surface area contributed by atoms with Crippen LogP contribution in [0.2, 0.25) is 0 Å². The number of carbonyl (C=O) groups excluding carboxylic acids is 1. The molecular weight excluding hydrogens is 461 g/mol. The van der Waals surface area contributed by atoms with E-state index in [2.05, 4.69) is 19.2 Å². The van der Waals surface area contributed by atoms with Crippen molar-refractivity contribution in [2.75, 3.05) is 0 Å². The second-order valence-electron chi connectivity index (χ2n) is 8.80. The molecule has 0 amide bonds. The van der Waals surface area contributed by atoms with Gasteiger partial charge in [-0.05, 0) is 47.7 Å². The molecule has 5 rings (SSSR count). The highest BCUT2D eigenvalue weighted by Crippen LogP contribution is 2.40. The number of ketones is 1. The first kappa shape index (κ1) is 27.1. The van der Waals surface area contributed by atoms with Crippen molar-refractivity contribution < 1.29 is 14.3 Å². The predicted molar refractivity (Wildman–Crippen MR) is 143 cm³/mol. The topological polar surface area (TPSA) is 67.2 Å². The number of hydrogen-bond acceptors (Lipinski definition) is 5. The van der Waals surface area contributed by atoms with Crippen molar-refractivity contribution in [3.63, 3.8) is 0 Å². The SMILES string of the molecule is CC.CC.Cc1cc2c(CNC(C)C)c3c(nc2cc1F)-c1cc2c(c(=S)n1C3)CCC(=O)C2O. The van der Waals surface area contributed by atoms with Gasteiger partial charge >= 0.3 is 0 Å². The number of nitrogens with zero attached hydrogens (tertiary/aromatic N) is 2. The summed E-state index contributed by atoms with van der Waals surface area (Å²) in [6, 6.07) is 5.49. The summed E-state index contributed by atoms with van der Waals surface area (Å²) in [6.07, 6.45) is -0.306. The van der Waals surface area contributed by atoms with Crippen molar-refractivity contribution in [3.8, 4) is 11.4 Å². The van der Waals surface area contributed by atoms with E-state index in [9.17, 15) is 14.3 Å². The highest BCUT2D eigenvalue weighted by atomic mass is 32.1. The van der Waals surface area contributed by atoms with Crippen molar-refractivity contribution in [3.05, 3.63) is 56.5 Å². The zero-order valence-electron chi connectivity index (χ0n) is 21.8. The molecule has 1 aliphatic heterocycles. The van der Waals surface area contributed by atoms with Crippen LogP contribution in [-0.4, -0.2) is 26.5 Å². The minimum absolute atomic E-state index is 0.184. The van der Waals surface area contributed by atoms with E-state index < -0.39 is 6.10 Å². The van der Waals surface area contributed by atoms with Crippen molar-refractivity contribution in [2.24, 2.45) is 0 Å². The summed E-state index contributed by atoms with van der Waals surface area (Å²) in [5, 5.41) is 14.9. The van der Waals surface area contributed by atoms with Crippen LogP contribution in [0.4, 0.5) is 4.39 Å². The molecule has 0 bridgehead atoms. The quantitative estimate of drug-likeness (QED) is 0.323. The number of aliphatic hydroxyl groups excluding tert-OH is 1. The lowest BCUT2D eigenvalue weighted by Crippen LogP contribution is -2.23. The van der Waals surface area contributed by atoms with Crippen molar-refractivity contribution >= 4 is 28.9 Å². The number of rotatable bonds is 3. The van der Waals surface area contributed by atoms with E-state index >= 15 is 0 Å². The fraction of sp³-hybridized carbons (Fsp3) is 0.464. The minimum Gasteiger partial charge on any atom is -0.381 e. The summed E-state index contributed by atoms with van der Waals surface area (Å²) in [7, 11) is 0. The maximum atomic E-state index is 14.4. The number of benzene rings is 1. The molecule has 2 N–H and O–H groups in total. The number of aliphatic hydroxyl groups is 1. The second kappa shape index (κ2) is 11.1. The first-order chi connectivity index (χ1) is 16.8. The molecule has 0 fully saturated rings. The third-order valence-electron chi connectivity index (χ3n) is 6.39. The molecule has 0 saturated carbocycles. The number of hydrogen-bond donors (Lipinski definition) is 2. The summed E-state index contributed by atoms with van der Waals surface area (Å²) in [4.78, 5) is 16.9. The molecule has 0 radical (unpaired) electrons. The summed E-state index contributed by atoms with van der Waals surface area (Å²) in [5.74, 6) is -0.472. The first-order valence-electron chi connectivity index (χ1n) is 12.6.